The zero-order valence-electron chi connectivity index (χ0n) is 11.0. The van der Waals surface area contributed by atoms with Crippen LogP contribution in [0.5, 0.6) is 0 Å². The van der Waals surface area contributed by atoms with E-state index >= 15 is 0 Å². The summed E-state index contributed by atoms with van der Waals surface area (Å²) < 4.78 is 0. The van der Waals surface area contributed by atoms with Crippen molar-refractivity contribution in [2.75, 3.05) is 11.9 Å². The van der Waals surface area contributed by atoms with Gasteiger partial charge in [0, 0.05) is 6.54 Å². The smallest absolute Gasteiger partial charge is 0.206 e. The molecule has 0 bridgehead atoms. The third-order valence-electron chi connectivity index (χ3n) is 2.52. The van der Waals surface area contributed by atoms with E-state index in [0.29, 0.717) is 0 Å². The molecule has 0 atom stereocenters. The van der Waals surface area contributed by atoms with Crippen LogP contribution in [0.25, 0.3) is 9.88 Å². The molecule has 0 spiro atoms. The lowest BCUT2D eigenvalue weighted by Gasteiger charge is -1.95. The van der Waals surface area contributed by atoms with Gasteiger partial charge in [-0.1, -0.05) is 32.1 Å². The van der Waals surface area contributed by atoms with Gasteiger partial charge in [0.25, 0.3) is 0 Å². The maximum atomic E-state index is 4.63. The molecule has 0 aliphatic carbocycles. The molecule has 0 amide bonds. The van der Waals surface area contributed by atoms with Gasteiger partial charge in [-0.25, -0.2) is 4.98 Å². The molecule has 0 radical (unpaired) electrons. The summed E-state index contributed by atoms with van der Waals surface area (Å²) in [7, 11) is 0. The van der Waals surface area contributed by atoms with E-state index in [4.69, 9.17) is 0 Å². The highest BCUT2D eigenvalue weighted by Crippen LogP contribution is 2.34. The Hall–Kier alpha value is -1.01. The average Bonchev–Trinajstić information content (AvgIpc) is 3.02. The largest absolute Gasteiger partial charge is 0.360 e. The maximum absolute atomic E-state index is 4.63. The molecule has 2 aromatic heterocycles. The van der Waals surface area contributed by atoms with Crippen LogP contribution in [0.15, 0.2) is 0 Å². The number of hydrogen-bond acceptors (Lipinski definition) is 6. The highest BCUT2D eigenvalue weighted by atomic mass is 32.1. The van der Waals surface area contributed by atoms with Crippen molar-refractivity contribution < 1.29 is 0 Å². The molecule has 0 fully saturated rings. The van der Waals surface area contributed by atoms with E-state index in [9.17, 15) is 0 Å². The molecular formula is C12H18N4S2. The lowest BCUT2D eigenvalue weighted by atomic mass is 10.3. The van der Waals surface area contributed by atoms with Gasteiger partial charge in [0.15, 0.2) is 5.01 Å². The van der Waals surface area contributed by atoms with Gasteiger partial charge < -0.3 is 5.32 Å². The van der Waals surface area contributed by atoms with Crippen LogP contribution >= 0.6 is 22.7 Å². The molecule has 18 heavy (non-hydrogen) atoms. The number of nitrogens with one attached hydrogen (secondary N) is 1. The minimum atomic E-state index is 0.903. The molecule has 1 N–H and O–H groups in total. The molecule has 0 unspecified atom stereocenters. The quantitative estimate of drug-likeness (QED) is 0.879. The molecule has 2 aromatic rings. The van der Waals surface area contributed by atoms with Crippen LogP contribution in [0.3, 0.4) is 0 Å². The fourth-order valence-electron chi connectivity index (χ4n) is 1.58. The van der Waals surface area contributed by atoms with Crippen molar-refractivity contribution in [2.24, 2.45) is 0 Å². The normalized spacial score (nSPS) is 10.8. The topological polar surface area (TPSA) is 50.7 Å². The van der Waals surface area contributed by atoms with E-state index in [1.807, 2.05) is 0 Å². The second-order valence-electron chi connectivity index (χ2n) is 3.93. The van der Waals surface area contributed by atoms with Gasteiger partial charge in [-0.2, -0.15) is 0 Å². The standard InChI is InChI=1S/C12H18N4S2/c1-4-7-13-12-16-15-11(18-12)10-8(5-2)14-9(6-3)17-10/h4-7H2,1-3H3,(H,13,16). The Labute approximate surface area is 116 Å². The first-order valence-corrected chi connectivity index (χ1v) is 7.98. The number of anilines is 1. The van der Waals surface area contributed by atoms with Crippen molar-refractivity contribution in [1.29, 1.82) is 0 Å². The summed E-state index contributed by atoms with van der Waals surface area (Å²) in [6.45, 7) is 7.35. The summed E-state index contributed by atoms with van der Waals surface area (Å²) in [4.78, 5) is 5.82. The van der Waals surface area contributed by atoms with E-state index in [1.54, 1.807) is 22.7 Å². The summed E-state index contributed by atoms with van der Waals surface area (Å²) in [6.07, 6.45) is 3.02. The molecule has 0 saturated heterocycles. The van der Waals surface area contributed by atoms with Gasteiger partial charge in [-0.05, 0) is 19.3 Å². The monoisotopic (exact) mass is 282 g/mol. The molecule has 0 aromatic carbocycles. The van der Waals surface area contributed by atoms with E-state index in [-0.39, 0.29) is 0 Å². The molecule has 4 nitrogen and oxygen atoms in total. The predicted molar refractivity (Wildman–Crippen MR) is 78.6 cm³/mol. The molecular weight excluding hydrogens is 264 g/mol. The lowest BCUT2D eigenvalue weighted by molar-refractivity contribution is 0.963. The van der Waals surface area contributed by atoms with Gasteiger partial charge in [0.05, 0.1) is 15.6 Å². The van der Waals surface area contributed by atoms with Gasteiger partial charge in [-0.3, -0.25) is 0 Å². The van der Waals surface area contributed by atoms with Crippen molar-refractivity contribution in [1.82, 2.24) is 15.2 Å². The van der Waals surface area contributed by atoms with Gasteiger partial charge in [-0.15, -0.1) is 21.5 Å². The second-order valence-corrected chi connectivity index (χ2v) is 5.99. The fraction of sp³-hybridized carbons (Fsp3) is 0.583. The third-order valence-corrected chi connectivity index (χ3v) is 4.80. The molecule has 0 aliphatic rings. The van der Waals surface area contributed by atoms with Gasteiger partial charge in [0.2, 0.25) is 5.13 Å². The molecule has 0 saturated carbocycles. The van der Waals surface area contributed by atoms with Crippen molar-refractivity contribution in [3.63, 3.8) is 0 Å². The van der Waals surface area contributed by atoms with Gasteiger partial charge in [0.1, 0.15) is 0 Å². The first kappa shape index (κ1) is 13.4. The van der Waals surface area contributed by atoms with Crippen LogP contribution in [-0.2, 0) is 12.8 Å². The Balaban J connectivity index is 2.24. The van der Waals surface area contributed by atoms with E-state index in [2.05, 4.69) is 41.3 Å². The van der Waals surface area contributed by atoms with Gasteiger partial charge >= 0.3 is 0 Å². The molecule has 98 valence electrons. The molecule has 2 heterocycles. The summed E-state index contributed by atoms with van der Waals surface area (Å²) in [5.74, 6) is 0. The highest BCUT2D eigenvalue weighted by molar-refractivity contribution is 7.23. The fourth-order valence-corrected chi connectivity index (χ4v) is 3.53. The molecule has 2 rings (SSSR count). The third kappa shape index (κ3) is 2.87. The summed E-state index contributed by atoms with van der Waals surface area (Å²) >= 11 is 3.36. The highest BCUT2D eigenvalue weighted by Gasteiger charge is 2.15. The van der Waals surface area contributed by atoms with Crippen LogP contribution in [-0.4, -0.2) is 21.7 Å². The van der Waals surface area contributed by atoms with Crippen molar-refractivity contribution >= 4 is 27.8 Å². The Morgan fingerprint density at radius 3 is 2.56 bits per heavy atom. The minimum absolute atomic E-state index is 0.903. The lowest BCUT2D eigenvalue weighted by Crippen LogP contribution is -1.98. The van der Waals surface area contributed by atoms with Crippen LogP contribution in [0.2, 0.25) is 0 Å². The Morgan fingerprint density at radius 1 is 1.06 bits per heavy atom. The van der Waals surface area contributed by atoms with Crippen LogP contribution in [0, 0.1) is 0 Å². The zero-order chi connectivity index (χ0) is 13.0. The zero-order valence-corrected chi connectivity index (χ0v) is 12.6. The Morgan fingerprint density at radius 2 is 1.89 bits per heavy atom. The Bertz CT molecular complexity index is 504. The van der Waals surface area contributed by atoms with Crippen molar-refractivity contribution in [3.8, 4) is 9.88 Å². The average molecular weight is 282 g/mol. The summed E-state index contributed by atoms with van der Waals surface area (Å²) in [5.41, 5.74) is 1.15. The Kier molecular flexibility index (Phi) is 4.66. The summed E-state index contributed by atoms with van der Waals surface area (Å²) in [6, 6.07) is 0. The van der Waals surface area contributed by atoms with E-state index < -0.39 is 0 Å². The second kappa shape index (κ2) is 6.24. The minimum Gasteiger partial charge on any atom is -0.360 e. The molecule has 6 heteroatoms. The van der Waals surface area contributed by atoms with E-state index in [1.165, 1.54) is 9.88 Å². The number of hydrogen-bond donors (Lipinski definition) is 1. The maximum Gasteiger partial charge on any atom is 0.206 e. The van der Waals surface area contributed by atoms with Crippen LogP contribution in [0.4, 0.5) is 5.13 Å². The van der Waals surface area contributed by atoms with Crippen molar-refractivity contribution in [3.05, 3.63) is 10.7 Å². The summed E-state index contributed by atoms with van der Waals surface area (Å²) in [5, 5.41) is 14.8. The molecule has 0 aliphatic heterocycles. The number of nitrogens with zero attached hydrogens (tertiary/aromatic N) is 3. The SMILES string of the molecule is CCCNc1nnc(-c2sc(CC)nc2CC)s1. The first-order valence-electron chi connectivity index (χ1n) is 6.34. The predicted octanol–water partition coefficient (Wildman–Crippen LogP) is 3.61. The first-order chi connectivity index (χ1) is 8.78. The van der Waals surface area contributed by atoms with Crippen LogP contribution in [0.1, 0.15) is 37.9 Å². The van der Waals surface area contributed by atoms with Crippen molar-refractivity contribution in [2.45, 2.75) is 40.0 Å². The van der Waals surface area contributed by atoms with Crippen LogP contribution < -0.4 is 5.32 Å². The van der Waals surface area contributed by atoms with E-state index in [0.717, 1.165) is 41.6 Å². The number of thiazole rings is 1. The number of rotatable bonds is 6. The number of aromatic nitrogens is 3. The number of aryl methyl sites for hydroxylation is 2.